The zero-order valence-electron chi connectivity index (χ0n) is 11.7. The van der Waals surface area contributed by atoms with E-state index in [9.17, 15) is 13.2 Å². The first-order valence-electron chi connectivity index (χ1n) is 6.40. The molecule has 0 atom stereocenters. The zero-order chi connectivity index (χ0) is 15.3. The van der Waals surface area contributed by atoms with E-state index in [1.807, 2.05) is 30.3 Å². The van der Waals surface area contributed by atoms with E-state index in [1.165, 1.54) is 0 Å². The van der Waals surface area contributed by atoms with E-state index in [2.05, 4.69) is 0 Å². The molecule has 0 saturated carbocycles. The second-order valence-electron chi connectivity index (χ2n) is 4.83. The highest BCUT2D eigenvalue weighted by atomic mass is 32.2. The normalized spacial score (nSPS) is 11.1. The van der Waals surface area contributed by atoms with Crippen LogP contribution in [0.1, 0.15) is 21.5 Å². The van der Waals surface area contributed by atoms with E-state index in [1.54, 1.807) is 18.2 Å². The van der Waals surface area contributed by atoms with Gasteiger partial charge >= 0.3 is 0 Å². The van der Waals surface area contributed by atoms with Gasteiger partial charge in [0.15, 0.2) is 9.84 Å². The van der Waals surface area contributed by atoms with Gasteiger partial charge in [0, 0.05) is 17.4 Å². The average Bonchev–Trinajstić information content (AvgIpc) is 2.45. The molecule has 0 fully saturated rings. The first-order valence-corrected chi connectivity index (χ1v) is 8.46. The molecule has 2 aromatic rings. The van der Waals surface area contributed by atoms with Gasteiger partial charge in [-0.3, -0.25) is 4.79 Å². The van der Waals surface area contributed by atoms with Crippen molar-refractivity contribution in [3.05, 3.63) is 65.2 Å². The first kappa shape index (κ1) is 15.3. The van der Waals surface area contributed by atoms with Crippen LogP contribution in [0.3, 0.4) is 0 Å². The van der Waals surface area contributed by atoms with Gasteiger partial charge < -0.3 is 4.74 Å². The van der Waals surface area contributed by atoms with Crippen LogP contribution in [0.2, 0.25) is 0 Å². The number of benzene rings is 2. The summed E-state index contributed by atoms with van der Waals surface area (Å²) in [5, 5.41) is 0. The third kappa shape index (κ3) is 4.72. The van der Waals surface area contributed by atoms with Crippen molar-refractivity contribution >= 4 is 16.1 Å². The number of sulfone groups is 1. The predicted octanol–water partition coefficient (Wildman–Crippen LogP) is 2.62. The molecule has 2 rings (SSSR count). The van der Waals surface area contributed by atoms with Crippen molar-refractivity contribution < 1.29 is 17.9 Å². The summed E-state index contributed by atoms with van der Waals surface area (Å²) >= 11 is 0. The fourth-order valence-electron chi connectivity index (χ4n) is 1.94. The largest absolute Gasteiger partial charge is 0.489 e. The van der Waals surface area contributed by atoms with Crippen LogP contribution < -0.4 is 4.74 Å². The number of carbonyl (C=O) groups is 1. The Bertz CT molecular complexity index is 721. The second-order valence-corrected chi connectivity index (χ2v) is 6.97. The number of hydrogen-bond donors (Lipinski definition) is 0. The summed E-state index contributed by atoms with van der Waals surface area (Å²) in [6.45, 7) is 0.345. The maximum atomic E-state index is 11.5. The van der Waals surface area contributed by atoms with E-state index in [-0.39, 0.29) is 5.75 Å². The van der Waals surface area contributed by atoms with Crippen LogP contribution in [-0.4, -0.2) is 21.0 Å². The molecule has 0 radical (unpaired) electrons. The highest BCUT2D eigenvalue weighted by Gasteiger charge is 2.11. The number of hydrogen-bond acceptors (Lipinski definition) is 4. The summed E-state index contributed by atoms with van der Waals surface area (Å²) in [5.74, 6) is 0.327. The van der Waals surface area contributed by atoms with Crippen molar-refractivity contribution in [2.45, 2.75) is 12.4 Å². The minimum absolute atomic E-state index is 0.154. The SMILES string of the molecule is CS(=O)(=O)Cc1cc(C=O)ccc1OCc1ccccc1. The van der Waals surface area contributed by atoms with E-state index < -0.39 is 9.84 Å². The van der Waals surface area contributed by atoms with Crippen molar-refractivity contribution in [3.63, 3.8) is 0 Å². The quantitative estimate of drug-likeness (QED) is 0.770. The van der Waals surface area contributed by atoms with E-state index >= 15 is 0 Å². The molecular weight excluding hydrogens is 288 g/mol. The molecule has 0 heterocycles. The molecule has 0 bridgehead atoms. The Kier molecular flexibility index (Phi) is 4.75. The van der Waals surface area contributed by atoms with Gasteiger partial charge in [-0.25, -0.2) is 8.42 Å². The molecule has 0 spiro atoms. The molecule has 0 aliphatic rings. The van der Waals surface area contributed by atoms with Crippen LogP contribution in [0.25, 0.3) is 0 Å². The fraction of sp³-hybridized carbons (Fsp3) is 0.188. The fourth-order valence-corrected chi connectivity index (χ4v) is 2.73. The molecule has 0 saturated heterocycles. The number of carbonyl (C=O) groups excluding carboxylic acids is 1. The summed E-state index contributed by atoms with van der Waals surface area (Å²) in [6.07, 6.45) is 1.84. The molecule has 2 aromatic carbocycles. The van der Waals surface area contributed by atoms with E-state index in [0.717, 1.165) is 11.8 Å². The Morgan fingerprint density at radius 2 is 1.81 bits per heavy atom. The second kappa shape index (κ2) is 6.54. The molecule has 0 amide bonds. The summed E-state index contributed by atoms with van der Waals surface area (Å²) in [7, 11) is -3.20. The van der Waals surface area contributed by atoms with Crippen LogP contribution >= 0.6 is 0 Å². The van der Waals surface area contributed by atoms with Gasteiger partial charge in [0.05, 0.1) is 5.75 Å². The van der Waals surface area contributed by atoms with Gasteiger partial charge in [-0.1, -0.05) is 30.3 Å². The van der Waals surface area contributed by atoms with Crippen molar-refractivity contribution in [3.8, 4) is 5.75 Å². The molecule has 0 N–H and O–H groups in total. The van der Waals surface area contributed by atoms with Crippen molar-refractivity contribution in [1.29, 1.82) is 0 Å². The van der Waals surface area contributed by atoms with Gasteiger partial charge in [0.1, 0.15) is 18.6 Å². The van der Waals surface area contributed by atoms with Crippen molar-refractivity contribution in [2.75, 3.05) is 6.26 Å². The molecule has 5 heteroatoms. The van der Waals surface area contributed by atoms with Gasteiger partial charge in [-0.15, -0.1) is 0 Å². The monoisotopic (exact) mass is 304 g/mol. The minimum Gasteiger partial charge on any atom is -0.489 e. The standard InChI is InChI=1S/C16H16O4S/c1-21(18,19)12-15-9-14(10-17)7-8-16(15)20-11-13-5-3-2-4-6-13/h2-10H,11-12H2,1H3. The molecule has 0 aromatic heterocycles. The lowest BCUT2D eigenvalue weighted by molar-refractivity contribution is 0.112. The Morgan fingerprint density at radius 1 is 1.10 bits per heavy atom. The van der Waals surface area contributed by atoms with E-state index in [0.29, 0.717) is 29.8 Å². The maximum absolute atomic E-state index is 11.5. The molecule has 0 unspecified atom stereocenters. The van der Waals surface area contributed by atoms with Crippen LogP contribution in [0.15, 0.2) is 48.5 Å². The summed E-state index contributed by atoms with van der Waals surface area (Å²) < 4.78 is 28.7. The van der Waals surface area contributed by atoms with E-state index in [4.69, 9.17) is 4.74 Å². The third-order valence-electron chi connectivity index (χ3n) is 2.88. The van der Waals surface area contributed by atoms with Gasteiger partial charge in [0.2, 0.25) is 0 Å². The lowest BCUT2D eigenvalue weighted by atomic mass is 10.1. The smallest absolute Gasteiger partial charge is 0.151 e. The van der Waals surface area contributed by atoms with Crippen LogP contribution in [0.5, 0.6) is 5.75 Å². The molecule has 0 aliphatic heterocycles. The van der Waals surface area contributed by atoms with Gasteiger partial charge in [-0.05, 0) is 23.8 Å². The first-order chi connectivity index (χ1) is 9.98. The topological polar surface area (TPSA) is 60.4 Å². The summed E-state index contributed by atoms with van der Waals surface area (Å²) in [4.78, 5) is 10.8. The molecule has 0 aliphatic carbocycles. The summed E-state index contributed by atoms with van der Waals surface area (Å²) in [6, 6.07) is 14.4. The molecule has 21 heavy (non-hydrogen) atoms. The number of aldehydes is 1. The molecular formula is C16H16O4S. The third-order valence-corrected chi connectivity index (χ3v) is 3.71. The Morgan fingerprint density at radius 3 is 2.43 bits per heavy atom. The van der Waals surface area contributed by atoms with Crippen LogP contribution in [-0.2, 0) is 22.2 Å². The Labute approximate surface area is 124 Å². The molecule has 110 valence electrons. The highest BCUT2D eigenvalue weighted by molar-refractivity contribution is 7.89. The van der Waals surface area contributed by atoms with Gasteiger partial charge in [0.25, 0.3) is 0 Å². The zero-order valence-corrected chi connectivity index (χ0v) is 12.5. The Balaban J connectivity index is 2.23. The Hall–Kier alpha value is -2.14. The molecule has 4 nitrogen and oxygen atoms in total. The van der Waals surface area contributed by atoms with Gasteiger partial charge in [-0.2, -0.15) is 0 Å². The van der Waals surface area contributed by atoms with Crippen LogP contribution in [0.4, 0.5) is 0 Å². The predicted molar refractivity (Wildman–Crippen MR) is 81.2 cm³/mol. The highest BCUT2D eigenvalue weighted by Crippen LogP contribution is 2.23. The maximum Gasteiger partial charge on any atom is 0.151 e. The van der Waals surface area contributed by atoms with Crippen molar-refractivity contribution in [1.82, 2.24) is 0 Å². The lowest BCUT2D eigenvalue weighted by Gasteiger charge is -2.11. The number of ether oxygens (including phenoxy) is 1. The average molecular weight is 304 g/mol. The lowest BCUT2D eigenvalue weighted by Crippen LogP contribution is -2.05. The van der Waals surface area contributed by atoms with Crippen molar-refractivity contribution in [2.24, 2.45) is 0 Å². The van der Waals surface area contributed by atoms with Crippen LogP contribution in [0, 0.1) is 0 Å². The minimum atomic E-state index is -3.20. The summed E-state index contributed by atoms with van der Waals surface area (Å²) in [5.41, 5.74) is 1.92. The number of rotatable bonds is 6.